The third kappa shape index (κ3) is 7.91. The molecule has 1 saturated heterocycles. The monoisotopic (exact) mass is 742 g/mol. The van der Waals surface area contributed by atoms with Crippen LogP contribution in [0.2, 0.25) is 0 Å². The van der Waals surface area contributed by atoms with Gasteiger partial charge in [-0.15, -0.1) is 0 Å². The molecule has 0 saturated carbocycles. The van der Waals surface area contributed by atoms with Crippen LogP contribution in [-0.2, 0) is 63.1 Å². The molecule has 1 aliphatic heterocycles. The molecule has 3 aromatic rings. The highest BCUT2D eigenvalue weighted by Gasteiger charge is 2.55. The van der Waals surface area contributed by atoms with Gasteiger partial charge in [-0.2, -0.15) is 33.7 Å². The zero-order valence-corrected chi connectivity index (χ0v) is 24.9. The lowest BCUT2D eigenvalue weighted by Crippen LogP contribution is -2.59. The lowest BCUT2D eigenvalue weighted by Gasteiger charge is -2.43. The van der Waals surface area contributed by atoms with E-state index < -0.39 is 135 Å². The fraction of sp³-hybridized carbons (Fsp3) is 0.316. The maximum Gasteiger partial charge on any atom is 0.397 e. The van der Waals surface area contributed by atoms with E-state index in [-0.39, 0.29) is 0 Å². The maximum absolute atomic E-state index is 13.3. The lowest BCUT2D eigenvalue weighted by molar-refractivity contribution is -0.211. The summed E-state index contributed by atoms with van der Waals surface area (Å²) in [6.45, 7) is -1.62. The predicted molar refractivity (Wildman–Crippen MR) is 141 cm³/mol. The van der Waals surface area contributed by atoms with Gasteiger partial charge < -0.3 is 29.6 Å². The first-order chi connectivity index (χ1) is 20.8. The van der Waals surface area contributed by atoms with E-state index in [1.807, 2.05) is 0 Å². The van der Waals surface area contributed by atoms with Crippen LogP contribution in [0.4, 0.5) is 0 Å². The van der Waals surface area contributed by atoms with Crippen molar-refractivity contribution in [3.8, 4) is 23.0 Å². The third-order valence-corrected chi connectivity index (χ3v) is 7.88. The highest BCUT2D eigenvalue weighted by Crippen LogP contribution is 2.47. The van der Waals surface area contributed by atoms with Crippen molar-refractivity contribution in [2.24, 2.45) is 0 Å². The number of fused-ring (bicyclic) bond motifs is 2. The van der Waals surface area contributed by atoms with Crippen molar-refractivity contribution in [1.29, 1.82) is 0 Å². The smallest absolute Gasteiger partial charge is 0.397 e. The minimum absolute atomic E-state index is 0.407. The summed E-state index contributed by atoms with van der Waals surface area (Å²) in [5.74, 6) is -4.24. The van der Waals surface area contributed by atoms with Crippen LogP contribution in [0.25, 0.3) is 21.9 Å². The molecule has 0 bridgehead atoms. The topological polar surface area (TPSA) is 375 Å². The van der Waals surface area contributed by atoms with Gasteiger partial charge in [0.1, 0.15) is 58.6 Å². The molecule has 1 aromatic heterocycles. The molecular formula is C19H18O23S4. The second-order valence-corrected chi connectivity index (χ2v) is 13.3. The largest absolute Gasteiger partial charge is 0.507 e. The minimum Gasteiger partial charge on any atom is -0.507 e. The molecule has 1 aliphatic rings. The molecule has 0 unspecified atom stereocenters. The van der Waals surface area contributed by atoms with Gasteiger partial charge in [-0.1, -0.05) is 0 Å². The third-order valence-electron chi connectivity index (χ3n) is 6.05. The Bertz CT molecular complexity index is 2210. The molecule has 23 nitrogen and oxygen atoms in total. The molecule has 46 heavy (non-hydrogen) atoms. The van der Waals surface area contributed by atoms with Crippen LogP contribution in [0.5, 0.6) is 23.0 Å². The lowest BCUT2D eigenvalue weighted by atomic mass is 9.89. The number of rotatable bonds is 10. The molecule has 0 amide bonds. The summed E-state index contributed by atoms with van der Waals surface area (Å²) in [5.41, 5.74) is -3.45. The van der Waals surface area contributed by atoms with Crippen LogP contribution < -0.4 is 5.43 Å². The summed E-state index contributed by atoms with van der Waals surface area (Å²) in [6.07, 6.45) is -13.9. The van der Waals surface area contributed by atoms with Crippen molar-refractivity contribution in [1.82, 2.24) is 0 Å². The predicted octanol–water partition coefficient (Wildman–Crippen LogP) is -1.41. The maximum atomic E-state index is 13.3. The van der Waals surface area contributed by atoms with Gasteiger partial charge in [0.25, 0.3) is 0 Å². The Morgan fingerprint density at radius 3 is 1.70 bits per heavy atom. The molecule has 2 aromatic carbocycles. The van der Waals surface area contributed by atoms with E-state index in [0.29, 0.717) is 12.1 Å². The standard InChI is InChI=1S/C19H18O23S4/c20-6-1-5-9(2-7(6)21)38-10-3-8(22)12(15(24)13(10)14(5)23)17-19(42-46(34,35)36)18(41-45(31,32)33)16(40-44(28,29)30)11(39-17)4-37-43(25,26)27/h1-3,11,16-22,24H,4H2,(H,25,26,27)(H,28,29,30)(H,31,32,33)(H,34,35,36)/t11-,16-,17+,18+,19+/m1/s1. The number of phenols is 4. The molecule has 0 radical (unpaired) electrons. The number of ether oxygens (including phenoxy) is 1. The molecule has 5 atom stereocenters. The van der Waals surface area contributed by atoms with Crippen molar-refractivity contribution in [3.63, 3.8) is 0 Å². The highest BCUT2D eigenvalue weighted by atomic mass is 32.3. The van der Waals surface area contributed by atoms with E-state index >= 15 is 0 Å². The number of hydrogen-bond acceptors (Lipinski definition) is 19. The molecule has 27 heteroatoms. The Kier molecular flexibility index (Phi) is 9.21. The molecule has 2 heterocycles. The number of aromatic hydroxyl groups is 4. The van der Waals surface area contributed by atoms with Crippen LogP contribution in [0.3, 0.4) is 0 Å². The fourth-order valence-electron chi connectivity index (χ4n) is 4.49. The van der Waals surface area contributed by atoms with Gasteiger partial charge in [0.05, 0.1) is 17.6 Å². The normalized spacial score (nSPS) is 23.2. The average Bonchev–Trinajstić information content (AvgIpc) is 2.84. The van der Waals surface area contributed by atoms with Gasteiger partial charge in [0, 0.05) is 12.1 Å². The van der Waals surface area contributed by atoms with Gasteiger partial charge in [0.2, 0.25) is 5.43 Å². The molecule has 1 fully saturated rings. The first-order valence-electron chi connectivity index (χ1n) is 11.5. The van der Waals surface area contributed by atoms with Crippen molar-refractivity contribution in [2.75, 3.05) is 6.61 Å². The van der Waals surface area contributed by atoms with E-state index in [1.54, 1.807) is 0 Å². The molecule has 256 valence electrons. The molecule has 4 rings (SSSR count). The van der Waals surface area contributed by atoms with Crippen molar-refractivity contribution in [2.45, 2.75) is 30.5 Å². The van der Waals surface area contributed by atoms with E-state index in [1.165, 1.54) is 0 Å². The molecule has 0 aliphatic carbocycles. The van der Waals surface area contributed by atoms with E-state index in [2.05, 4.69) is 16.7 Å². The van der Waals surface area contributed by atoms with Gasteiger partial charge >= 0.3 is 41.6 Å². The Hall–Kier alpha value is -3.45. The van der Waals surface area contributed by atoms with E-state index in [0.717, 1.165) is 6.07 Å². The molecule has 8 N–H and O–H groups in total. The van der Waals surface area contributed by atoms with Crippen molar-refractivity contribution >= 4 is 63.5 Å². The zero-order valence-electron chi connectivity index (χ0n) is 21.7. The summed E-state index contributed by atoms with van der Waals surface area (Å²) in [7, 11) is -23.0. The summed E-state index contributed by atoms with van der Waals surface area (Å²) in [5, 5.41) is 40.1. The number of hydrogen-bond donors (Lipinski definition) is 8. The Labute approximate surface area is 255 Å². The van der Waals surface area contributed by atoms with Gasteiger partial charge in [-0.05, 0) is 6.07 Å². The zero-order chi connectivity index (χ0) is 34.7. The van der Waals surface area contributed by atoms with Crippen molar-refractivity contribution in [3.05, 3.63) is 34.0 Å². The van der Waals surface area contributed by atoms with Gasteiger partial charge in [-0.25, -0.2) is 16.7 Å². The Balaban J connectivity index is 2.05. The van der Waals surface area contributed by atoms with Crippen LogP contribution in [0, 0.1) is 0 Å². The Morgan fingerprint density at radius 2 is 1.15 bits per heavy atom. The summed E-state index contributed by atoms with van der Waals surface area (Å²) in [6, 6.07) is 2.03. The summed E-state index contributed by atoms with van der Waals surface area (Å²) < 4.78 is 157. The first kappa shape index (κ1) is 35.4. The highest BCUT2D eigenvalue weighted by molar-refractivity contribution is 7.81. The van der Waals surface area contributed by atoms with Crippen LogP contribution in [0.1, 0.15) is 11.7 Å². The number of phenolic OH excluding ortho intramolecular Hbond substituents is 4. The van der Waals surface area contributed by atoms with Gasteiger partial charge in [0.15, 0.2) is 11.5 Å². The Morgan fingerprint density at radius 1 is 0.652 bits per heavy atom. The van der Waals surface area contributed by atoms with Crippen LogP contribution in [0.15, 0.2) is 27.4 Å². The minimum atomic E-state index is -5.88. The molecule has 0 spiro atoms. The number of benzene rings is 2. The quantitative estimate of drug-likeness (QED) is 0.0672. The van der Waals surface area contributed by atoms with Crippen LogP contribution >= 0.6 is 0 Å². The van der Waals surface area contributed by atoms with E-state index in [9.17, 15) is 72.6 Å². The van der Waals surface area contributed by atoms with Crippen molar-refractivity contribution < 1.29 is 98.2 Å². The fourth-order valence-corrected chi connectivity index (χ4v) is 6.30. The first-order valence-corrected chi connectivity index (χ1v) is 16.9. The SMILES string of the molecule is O=c1c2cc(O)c(O)cc2oc2cc(O)c([C@@H]3O[C@H](COS(=O)(=O)O)[C@@H](OS(=O)(=O)O)[C@H](OS(=O)(=O)O)[C@H]3OS(=O)(=O)O)c(O)c12. The van der Waals surface area contributed by atoms with E-state index in [4.69, 9.17) is 13.7 Å². The molecular weight excluding hydrogens is 724 g/mol. The van der Waals surface area contributed by atoms with Gasteiger partial charge in [-0.3, -0.25) is 23.0 Å². The second kappa shape index (κ2) is 12.0. The summed E-state index contributed by atoms with van der Waals surface area (Å²) >= 11 is 0. The second-order valence-electron chi connectivity index (χ2n) is 9.07. The summed E-state index contributed by atoms with van der Waals surface area (Å²) in [4.78, 5) is 13.3. The van der Waals surface area contributed by atoms with Crippen LogP contribution in [-0.4, -0.2) is 103 Å². The average molecular weight is 743 g/mol.